The number of carbonyl (C=O) groups is 1. The van der Waals surface area contributed by atoms with Gasteiger partial charge in [0, 0.05) is 18.6 Å². The van der Waals surface area contributed by atoms with Gasteiger partial charge >= 0.3 is 0 Å². The largest absolute Gasteiger partial charge is 0.490 e. The Kier molecular flexibility index (Phi) is 7.04. The molecule has 0 saturated heterocycles. The monoisotopic (exact) mass is 307 g/mol. The first-order valence-electron chi connectivity index (χ1n) is 7.90. The zero-order valence-corrected chi connectivity index (χ0v) is 14.6. The number of aliphatic hydroxyl groups is 1. The Morgan fingerprint density at radius 2 is 1.82 bits per heavy atom. The highest BCUT2D eigenvalue weighted by atomic mass is 16.5. The maximum absolute atomic E-state index is 11.7. The van der Waals surface area contributed by atoms with E-state index in [4.69, 9.17) is 4.74 Å². The van der Waals surface area contributed by atoms with E-state index < -0.39 is 6.10 Å². The molecule has 0 aliphatic rings. The van der Waals surface area contributed by atoms with Crippen LogP contribution in [0.5, 0.6) is 5.75 Å². The van der Waals surface area contributed by atoms with Crippen LogP contribution >= 0.6 is 0 Å². The van der Waals surface area contributed by atoms with Crippen LogP contribution in [0.3, 0.4) is 0 Å². The molecule has 0 amide bonds. The summed E-state index contributed by atoms with van der Waals surface area (Å²) >= 11 is 0. The second-order valence-corrected chi connectivity index (χ2v) is 6.40. The molecule has 0 aromatic heterocycles. The number of carbonyl (C=O) groups excluding carboxylic acids is 1. The van der Waals surface area contributed by atoms with Gasteiger partial charge in [0.2, 0.25) is 0 Å². The number of hydrogen-bond acceptors (Lipinski definition) is 4. The fourth-order valence-electron chi connectivity index (χ4n) is 2.54. The van der Waals surface area contributed by atoms with Gasteiger partial charge in [-0.1, -0.05) is 11.6 Å². The van der Waals surface area contributed by atoms with E-state index in [0.29, 0.717) is 29.9 Å². The van der Waals surface area contributed by atoms with E-state index in [1.165, 1.54) is 6.92 Å². The number of aliphatic hydroxyl groups excluding tert-OH is 1. The lowest BCUT2D eigenvalue weighted by Crippen LogP contribution is -2.43. The van der Waals surface area contributed by atoms with Gasteiger partial charge in [0.05, 0.1) is 5.56 Å². The Morgan fingerprint density at radius 1 is 1.23 bits per heavy atom. The third-order valence-corrected chi connectivity index (χ3v) is 3.69. The second kappa shape index (κ2) is 8.30. The third kappa shape index (κ3) is 5.43. The average molecular weight is 307 g/mol. The predicted octanol–water partition coefficient (Wildman–Crippen LogP) is 3.06. The predicted molar refractivity (Wildman–Crippen MR) is 89.7 cm³/mol. The first-order chi connectivity index (χ1) is 10.2. The van der Waals surface area contributed by atoms with Crippen LogP contribution in [0.2, 0.25) is 0 Å². The third-order valence-electron chi connectivity index (χ3n) is 3.69. The van der Waals surface area contributed by atoms with E-state index in [1.807, 2.05) is 19.1 Å². The molecule has 0 fully saturated rings. The van der Waals surface area contributed by atoms with Gasteiger partial charge in [-0.25, -0.2) is 0 Å². The van der Waals surface area contributed by atoms with E-state index in [2.05, 4.69) is 32.6 Å². The zero-order valence-electron chi connectivity index (χ0n) is 14.6. The van der Waals surface area contributed by atoms with Crippen LogP contribution in [0.1, 0.15) is 50.5 Å². The van der Waals surface area contributed by atoms with Crippen molar-refractivity contribution in [3.8, 4) is 5.75 Å². The highest BCUT2D eigenvalue weighted by molar-refractivity contribution is 5.97. The van der Waals surface area contributed by atoms with Gasteiger partial charge in [-0.3, -0.25) is 9.69 Å². The number of hydrogen-bond donors (Lipinski definition) is 1. The van der Waals surface area contributed by atoms with Crippen molar-refractivity contribution >= 4 is 5.78 Å². The number of rotatable bonds is 8. The highest BCUT2D eigenvalue weighted by Gasteiger charge is 2.18. The summed E-state index contributed by atoms with van der Waals surface area (Å²) in [6.45, 7) is 12.6. The summed E-state index contributed by atoms with van der Waals surface area (Å²) in [7, 11) is 0. The first-order valence-corrected chi connectivity index (χ1v) is 7.90. The van der Waals surface area contributed by atoms with E-state index in [1.54, 1.807) is 6.07 Å². The van der Waals surface area contributed by atoms with Crippen molar-refractivity contribution < 1.29 is 14.6 Å². The summed E-state index contributed by atoms with van der Waals surface area (Å²) < 4.78 is 5.68. The minimum Gasteiger partial charge on any atom is -0.490 e. The topological polar surface area (TPSA) is 49.8 Å². The van der Waals surface area contributed by atoms with Crippen molar-refractivity contribution in [2.75, 3.05) is 13.2 Å². The summed E-state index contributed by atoms with van der Waals surface area (Å²) in [6.07, 6.45) is -0.592. The molecule has 4 nitrogen and oxygen atoms in total. The zero-order chi connectivity index (χ0) is 16.9. The van der Waals surface area contributed by atoms with Crippen molar-refractivity contribution in [1.29, 1.82) is 0 Å². The van der Waals surface area contributed by atoms with Crippen molar-refractivity contribution in [3.05, 3.63) is 29.3 Å². The molecule has 0 spiro atoms. The summed E-state index contributed by atoms with van der Waals surface area (Å²) in [5.74, 6) is 0.511. The molecule has 0 saturated carbocycles. The van der Waals surface area contributed by atoms with E-state index >= 15 is 0 Å². The molecule has 1 aromatic carbocycles. The molecular weight excluding hydrogens is 278 g/mol. The Bertz CT molecular complexity index is 489. The lowest BCUT2D eigenvalue weighted by molar-refractivity contribution is 0.0442. The van der Waals surface area contributed by atoms with Crippen molar-refractivity contribution in [3.63, 3.8) is 0 Å². The van der Waals surface area contributed by atoms with Gasteiger partial charge in [-0.2, -0.15) is 0 Å². The quantitative estimate of drug-likeness (QED) is 0.750. The van der Waals surface area contributed by atoms with Gasteiger partial charge in [-0.15, -0.1) is 0 Å². The molecule has 0 unspecified atom stereocenters. The standard InChI is InChI=1S/C18H29NO3/c1-12(2)19(13(3)4)10-16(21)11-22-18-8-7-14(5)9-17(18)15(6)20/h7-9,12-13,16,21H,10-11H2,1-6H3/t16-/m1/s1. The fraction of sp³-hybridized carbons (Fsp3) is 0.611. The average Bonchev–Trinajstić information content (AvgIpc) is 2.42. The van der Waals surface area contributed by atoms with Crippen molar-refractivity contribution in [2.45, 2.75) is 59.7 Å². The Labute approximate surface area is 134 Å². The summed E-state index contributed by atoms with van der Waals surface area (Å²) in [4.78, 5) is 13.9. The number of nitrogens with zero attached hydrogens (tertiary/aromatic N) is 1. The van der Waals surface area contributed by atoms with Crippen LogP contribution in [-0.4, -0.2) is 47.1 Å². The van der Waals surface area contributed by atoms with Gasteiger partial charge in [-0.05, 0) is 53.7 Å². The lowest BCUT2D eigenvalue weighted by atomic mass is 10.1. The highest BCUT2D eigenvalue weighted by Crippen LogP contribution is 2.21. The molecule has 0 radical (unpaired) electrons. The van der Waals surface area contributed by atoms with Crippen LogP contribution in [0, 0.1) is 6.92 Å². The second-order valence-electron chi connectivity index (χ2n) is 6.40. The lowest BCUT2D eigenvalue weighted by Gasteiger charge is -2.32. The van der Waals surface area contributed by atoms with Crippen LogP contribution < -0.4 is 4.74 Å². The van der Waals surface area contributed by atoms with Crippen LogP contribution in [-0.2, 0) is 0 Å². The number of aryl methyl sites for hydroxylation is 1. The number of ketones is 1. The van der Waals surface area contributed by atoms with Gasteiger partial charge in [0.15, 0.2) is 5.78 Å². The summed E-state index contributed by atoms with van der Waals surface area (Å²) in [5.41, 5.74) is 1.58. The summed E-state index contributed by atoms with van der Waals surface area (Å²) in [5, 5.41) is 10.2. The Morgan fingerprint density at radius 3 is 2.32 bits per heavy atom. The number of benzene rings is 1. The Hall–Kier alpha value is -1.39. The van der Waals surface area contributed by atoms with Gasteiger partial charge in [0.25, 0.3) is 0 Å². The molecule has 0 aliphatic carbocycles. The van der Waals surface area contributed by atoms with E-state index in [9.17, 15) is 9.90 Å². The molecule has 0 bridgehead atoms. The van der Waals surface area contributed by atoms with Crippen LogP contribution in [0.15, 0.2) is 18.2 Å². The van der Waals surface area contributed by atoms with E-state index in [-0.39, 0.29) is 12.4 Å². The molecule has 4 heteroatoms. The molecule has 1 aromatic rings. The molecule has 1 rings (SSSR count). The SMILES string of the molecule is CC(=O)c1cc(C)ccc1OC[C@H](O)CN(C(C)C)C(C)C. The molecule has 1 atom stereocenters. The normalized spacial score (nSPS) is 13.0. The molecule has 22 heavy (non-hydrogen) atoms. The van der Waals surface area contributed by atoms with Gasteiger partial charge < -0.3 is 9.84 Å². The maximum Gasteiger partial charge on any atom is 0.163 e. The van der Waals surface area contributed by atoms with Crippen LogP contribution in [0.25, 0.3) is 0 Å². The fourth-order valence-corrected chi connectivity index (χ4v) is 2.54. The van der Waals surface area contributed by atoms with E-state index in [0.717, 1.165) is 5.56 Å². The molecule has 1 N–H and O–H groups in total. The maximum atomic E-state index is 11.7. The number of ether oxygens (including phenoxy) is 1. The van der Waals surface area contributed by atoms with Crippen LogP contribution in [0.4, 0.5) is 0 Å². The molecular formula is C18H29NO3. The van der Waals surface area contributed by atoms with Crippen molar-refractivity contribution in [2.24, 2.45) is 0 Å². The minimum atomic E-state index is -0.592. The molecule has 0 heterocycles. The summed E-state index contributed by atoms with van der Waals surface area (Å²) in [6, 6.07) is 6.24. The molecule has 0 aliphatic heterocycles. The number of Topliss-reactive ketones (excluding diaryl/α,β-unsaturated/α-hetero) is 1. The smallest absolute Gasteiger partial charge is 0.163 e. The molecule has 124 valence electrons. The first kappa shape index (κ1) is 18.7. The Balaban J connectivity index is 2.68. The van der Waals surface area contributed by atoms with Crippen molar-refractivity contribution in [1.82, 2.24) is 4.90 Å². The minimum absolute atomic E-state index is 0.0285. The van der Waals surface area contributed by atoms with Gasteiger partial charge in [0.1, 0.15) is 18.5 Å².